The van der Waals surface area contributed by atoms with Crippen molar-refractivity contribution in [2.75, 3.05) is 20.3 Å². The molecule has 19 heavy (non-hydrogen) atoms. The molecule has 1 rings (SSSR count). The molecule has 0 fully saturated rings. The lowest BCUT2D eigenvalue weighted by molar-refractivity contribution is -0.127. The molecule has 1 aliphatic rings. The van der Waals surface area contributed by atoms with Crippen molar-refractivity contribution in [3.05, 3.63) is 0 Å². The molecular formula is C13H23N3O3. The monoisotopic (exact) mass is 269 g/mol. The van der Waals surface area contributed by atoms with Gasteiger partial charge in [-0.25, -0.2) is 5.43 Å². The smallest absolute Gasteiger partial charge is 0.270 e. The molecule has 0 radical (unpaired) electrons. The van der Waals surface area contributed by atoms with Crippen LogP contribution in [0.4, 0.5) is 0 Å². The van der Waals surface area contributed by atoms with Crippen molar-refractivity contribution in [3.63, 3.8) is 0 Å². The summed E-state index contributed by atoms with van der Waals surface area (Å²) in [6.45, 7) is 5.17. The Morgan fingerprint density at radius 2 is 2.11 bits per heavy atom. The average molecular weight is 269 g/mol. The maximum atomic E-state index is 12.5. The predicted octanol–water partition coefficient (Wildman–Crippen LogP) is 0.916. The van der Waals surface area contributed by atoms with Gasteiger partial charge in [0, 0.05) is 32.5 Å². The lowest BCUT2D eigenvalue weighted by atomic mass is 10.1. The van der Waals surface area contributed by atoms with E-state index in [0.717, 1.165) is 12.8 Å². The van der Waals surface area contributed by atoms with Gasteiger partial charge in [0.05, 0.1) is 6.61 Å². The molecule has 0 saturated heterocycles. The Morgan fingerprint density at radius 1 is 1.42 bits per heavy atom. The molecule has 0 aromatic rings. The van der Waals surface area contributed by atoms with Crippen molar-refractivity contribution in [1.29, 1.82) is 0 Å². The summed E-state index contributed by atoms with van der Waals surface area (Å²) >= 11 is 0. The van der Waals surface area contributed by atoms with Gasteiger partial charge in [-0.2, -0.15) is 5.10 Å². The van der Waals surface area contributed by atoms with E-state index in [4.69, 9.17) is 4.74 Å². The number of amides is 2. The van der Waals surface area contributed by atoms with E-state index in [1.165, 1.54) is 0 Å². The number of hydrogen-bond acceptors (Lipinski definition) is 4. The lowest BCUT2D eigenvalue weighted by Gasteiger charge is -2.31. The molecule has 0 aromatic carbocycles. The molecule has 0 atom stereocenters. The highest BCUT2D eigenvalue weighted by Crippen LogP contribution is 2.12. The van der Waals surface area contributed by atoms with Gasteiger partial charge in [-0.3, -0.25) is 9.59 Å². The summed E-state index contributed by atoms with van der Waals surface area (Å²) in [5.41, 5.74) is 2.80. The van der Waals surface area contributed by atoms with Gasteiger partial charge >= 0.3 is 0 Å². The Hall–Kier alpha value is -1.43. The van der Waals surface area contributed by atoms with Crippen LogP contribution in [0, 0.1) is 0 Å². The maximum absolute atomic E-state index is 12.5. The van der Waals surface area contributed by atoms with Crippen molar-refractivity contribution in [3.8, 4) is 0 Å². The highest BCUT2D eigenvalue weighted by atomic mass is 16.5. The van der Waals surface area contributed by atoms with Gasteiger partial charge in [0.25, 0.3) is 5.91 Å². The number of ether oxygens (including phenoxy) is 1. The van der Waals surface area contributed by atoms with Crippen LogP contribution in [0.15, 0.2) is 5.10 Å². The zero-order chi connectivity index (χ0) is 14.3. The largest absolute Gasteiger partial charge is 0.383 e. The van der Waals surface area contributed by atoms with E-state index in [0.29, 0.717) is 31.7 Å². The second-order valence-corrected chi connectivity index (χ2v) is 4.56. The van der Waals surface area contributed by atoms with Crippen LogP contribution in [-0.2, 0) is 14.3 Å². The summed E-state index contributed by atoms with van der Waals surface area (Å²) in [4.78, 5) is 25.3. The number of nitrogens with zero attached hydrogens (tertiary/aromatic N) is 2. The summed E-state index contributed by atoms with van der Waals surface area (Å²) in [7, 11) is 1.62. The minimum Gasteiger partial charge on any atom is -0.383 e. The first-order chi connectivity index (χ1) is 9.13. The SMILES string of the molecule is CCC(CC)N(CCOC)C(=O)C1=NNC(=O)CC1. The Bertz CT molecular complexity index is 351. The van der Waals surface area contributed by atoms with Crippen LogP contribution in [0.5, 0.6) is 0 Å². The third-order valence-corrected chi connectivity index (χ3v) is 3.33. The third kappa shape index (κ3) is 4.31. The van der Waals surface area contributed by atoms with E-state index >= 15 is 0 Å². The van der Waals surface area contributed by atoms with Crippen molar-refractivity contribution in [1.82, 2.24) is 10.3 Å². The van der Waals surface area contributed by atoms with Crippen LogP contribution in [-0.4, -0.2) is 48.7 Å². The zero-order valence-electron chi connectivity index (χ0n) is 11.9. The van der Waals surface area contributed by atoms with Crippen molar-refractivity contribution in [2.24, 2.45) is 5.10 Å². The molecule has 0 aromatic heterocycles. The Morgan fingerprint density at radius 3 is 2.58 bits per heavy atom. The topological polar surface area (TPSA) is 71.0 Å². The molecule has 1 aliphatic heterocycles. The van der Waals surface area contributed by atoms with Crippen molar-refractivity contribution < 1.29 is 14.3 Å². The quantitative estimate of drug-likeness (QED) is 0.747. The molecular weight excluding hydrogens is 246 g/mol. The number of hydrogen-bond donors (Lipinski definition) is 1. The van der Waals surface area contributed by atoms with E-state index in [9.17, 15) is 9.59 Å². The molecule has 0 unspecified atom stereocenters. The molecule has 0 saturated carbocycles. The third-order valence-electron chi connectivity index (χ3n) is 3.33. The molecule has 0 bridgehead atoms. The van der Waals surface area contributed by atoms with Gasteiger partial charge < -0.3 is 9.64 Å². The van der Waals surface area contributed by atoms with Gasteiger partial charge in [0.15, 0.2) is 0 Å². The summed E-state index contributed by atoms with van der Waals surface area (Å²) in [5.74, 6) is -0.228. The molecule has 6 nitrogen and oxygen atoms in total. The fourth-order valence-electron chi connectivity index (χ4n) is 2.16. The van der Waals surface area contributed by atoms with Crippen LogP contribution >= 0.6 is 0 Å². The summed E-state index contributed by atoms with van der Waals surface area (Å²) < 4.78 is 5.06. The number of carbonyl (C=O) groups is 2. The second kappa shape index (κ2) is 7.89. The summed E-state index contributed by atoms with van der Waals surface area (Å²) in [6.07, 6.45) is 2.52. The summed E-state index contributed by atoms with van der Waals surface area (Å²) in [5, 5.41) is 3.88. The molecule has 0 aliphatic carbocycles. The van der Waals surface area contributed by atoms with E-state index in [1.807, 2.05) is 0 Å². The molecule has 0 spiro atoms. The minimum absolute atomic E-state index is 0.0919. The van der Waals surface area contributed by atoms with Crippen LogP contribution in [0.25, 0.3) is 0 Å². The molecule has 1 N–H and O–H groups in total. The van der Waals surface area contributed by atoms with Crippen molar-refractivity contribution >= 4 is 17.5 Å². The first-order valence-corrected chi connectivity index (χ1v) is 6.79. The Balaban J connectivity index is 2.78. The van der Waals surface area contributed by atoms with Gasteiger partial charge in [0.1, 0.15) is 5.71 Å². The Kier molecular flexibility index (Phi) is 6.49. The average Bonchev–Trinajstić information content (AvgIpc) is 2.43. The number of carbonyl (C=O) groups excluding carboxylic acids is 2. The van der Waals surface area contributed by atoms with Crippen LogP contribution < -0.4 is 5.43 Å². The fourth-order valence-corrected chi connectivity index (χ4v) is 2.16. The summed E-state index contributed by atoms with van der Waals surface area (Å²) in [6, 6.07) is 0.183. The van der Waals surface area contributed by atoms with E-state index in [1.54, 1.807) is 12.0 Å². The molecule has 2 amide bonds. The lowest BCUT2D eigenvalue weighted by Crippen LogP contribution is -2.46. The normalized spacial score (nSPS) is 15.2. The first-order valence-electron chi connectivity index (χ1n) is 6.79. The molecule has 1 heterocycles. The number of methoxy groups -OCH3 is 1. The maximum Gasteiger partial charge on any atom is 0.270 e. The number of nitrogens with one attached hydrogen (secondary N) is 1. The van der Waals surface area contributed by atoms with Crippen LogP contribution in [0.2, 0.25) is 0 Å². The van der Waals surface area contributed by atoms with Crippen LogP contribution in [0.1, 0.15) is 39.5 Å². The van der Waals surface area contributed by atoms with E-state index < -0.39 is 0 Å². The highest BCUT2D eigenvalue weighted by molar-refractivity contribution is 6.39. The number of hydrazone groups is 1. The predicted molar refractivity (Wildman–Crippen MR) is 72.8 cm³/mol. The standard InChI is InChI=1S/C13H23N3O3/c1-4-10(5-2)16(8-9-19-3)13(18)11-6-7-12(17)15-14-11/h10H,4-9H2,1-3H3,(H,15,17). The van der Waals surface area contributed by atoms with Gasteiger partial charge in [-0.1, -0.05) is 13.8 Å². The van der Waals surface area contributed by atoms with Gasteiger partial charge in [-0.15, -0.1) is 0 Å². The Labute approximate surface area is 114 Å². The second-order valence-electron chi connectivity index (χ2n) is 4.56. The zero-order valence-corrected chi connectivity index (χ0v) is 11.9. The van der Waals surface area contributed by atoms with Crippen molar-refractivity contribution in [2.45, 2.75) is 45.6 Å². The minimum atomic E-state index is -0.137. The molecule has 6 heteroatoms. The highest BCUT2D eigenvalue weighted by Gasteiger charge is 2.27. The van der Waals surface area contributed by atoms with E-state index in [-0.39, 0.29) is 17.9 Å². The first kappa shape index (κ1) is 15.6. The fraction of sp³-hybridized carbons (Fsp3) is 0.769. The number of rotatable bonds is 7. The molecule has 108 valence electrons. The van der Waals surface area contributed by atoms with E-state index in [2.05, 4.69) is 24.4 Å². The van der Waals surface area contributed by atoms with Gasteiger partial charge in [0.2, 0.25) is 5.91 Å². The van der Waals surface area contributed by atoms with Crippen LogP contribution in [0.3, 0.4) is 0 Å². The van der Waals surface area contributed by atoms with Gasteiger partial charge in [-0.05, 0) is 12.8 Å².